The smallest absolute Gasteiger partial charge is 0.0704 e. The lowest BCUT2D eigenvalue weighted by Crippen LogP contribution is -2.43. The zero-order valence-corrected chi connectivity index (χ0v) is 12.8. The van der Waals surface area contributed by atoms with Crippen molar-refractivity contribution in [3.63, 3.8) is 0 Å². The molecule has 110 valence electrons. The lowest BCUT2D eigenvalue weighted by atomic mass is 10.2. The van der Waals surface area contributed by atoms with Gasteiger partial charge in [0.05, 0.1) is 19.8 Å². The molecular formula is C15H28N2O2. The molecule has 0 N–H and O–H groups in total. The van der Waals surface area contributed by atoms with Gasteiger partial charge in [0.15, 0.2) is 0 Å². The lowest BCUT2D eigenvalue weighted by Gasteiger charge is -2.34. The third-order valence-corrected chi connectivity index (χ3v) is 3.37. The molecule has 0 spiro atoms. The van der Waals surface area contributed by atoms with Crippen molar-refractivity contribution in [3.05, 3.63) is 23.4 Å². The molecule has 1 rings (SSSR count). The van der Waals surface area contributed by atoms with Crippen molar-refractivity contribution in [2.24, 2.45) is 0 Å². The minimum atomic E-state index is 0.656. The van der Waals surface area contributed by atoms with Gasteiger partial charge in [0.2, 0.25) is 0 Å². The minimum absolute atomic E-state index is 0.656. The first-order chi connectivity index (χ1) is 9.13. The van der Waals surface area contributed by atoms with Crippen molar-refractivity contribution in [2.75, 3.05) is 60.2 Å². The Labute approximate surface area is 117 Å². The summed E-state index contributed by atoms with van der Waals surface area (Å²) in [7, 11) is 3.87. The van der Waals surface area contributed by atoms with E-state index in [-0.39, 0.29) is 0 Å². The molecule has 0 aromatic rings. The molecule has 0 atom stereocenters. The van der Waals surface area contributed by atoms with Crippen LogP contribution in [0.2, 0.25) is 0 Å². The largest absolute Gasteiger partial charge is 0.382 e. The molecule has 19 heavy (non-hydrogen) atoms. The quantitative estimate of drug-likeness (QED) is 0.519. The van der Waals surface area contributed by atoms with Crippen LogP contribution in [0.5, 0.6) is 0 Å². The molecule has 0 saturated carbocycles. The third kappa shape index (κ3) is 6.76. The molecule has 1 aliphatic heterocycles. The molecule has 0 unspecified atom stereocenters. The summed E-state index contributed by atoms with van der Waals surface area (Å²) in [6, 6.07) is 0. The number of allylic oxidation sites excluding steroid dienone is 3. The van der Waals surface area contributed by atoms with Crippen molar-refractivity contribution < 1.29 is 9.47 Å². The number of rotatable bonds is 7. The zero-order chi connectivity index (χ0) is 14.1. The van der Waals surface area contributed by atoms with Crippen LogP contribution in [-0.4, -0.2) is 70.0 Å². The molecule has 0 aromatic carbocycles. The van der Waals surface area contributed by atoms with Crippen molar-refractivity contribution in [1.82, 2.24) is 9.80 Å². The summed E-state index contributed by atoms with van der Waals surface area (Å²) < 4.78 is 10.4. The number of nitrogens with zero attached hydrogens (tertiary/aromatic N) is 2. The van der Waals surface area contributed by atoms with Crippen LogP contribution >= 0.6 is 0 Å². The van der Waals surface area contributed by atoms with Crippen LogP contribution in [0.1, 0.15) is 13.8 Å². The van der Waals surface area contributed by atoms with Gasteiger partial charge in [-0.2, -0.15) is 0 Å². The van der Waals surface area contributed by atoms with E-state index in [9.17, 15) is 0 Å². The summed E-state index contributed by atoms with van der Waals surface area (Å²) in [5, 5.41) is 0. The van der Waals surface area contributed by atoms with Crippen molar-refractivity contribution in [2.45, 2.75) is 13.8 Å². The fraction of sp³-hybridized carbons (Fsp3) is 0.733. The highest BCUT2D eigenvalue weighted by molar-refractivity contribution is 5.15. The second kappa shape index (κ2) is 9.13. The van der Waals surface area contributed by atoms with Gasteiger partial charge in [-0.25, -0.2) is 0 Å². The number of hydrogen-bond acceptors (Lipinski definition) is 4. The summed E-state index contributed by atoms with van der Waals surface area (Å²) in [6.07, 6.45) is 4.35. The van der Waals surface area contributed by atoms with E-state index in [1.54, 1.807) is 7.11 Å². The molecule has 0 radical (unpaired) electrons. The van der Waals surface area contributed by atoms with Crippen LogP contribution in [0.15, 0.2) is 23.4 Å². The predicted octanol–water partition coefficient (Wildman–Crippen LogP) is 1.75. The van der Waals surface area contributed by atoms with Crippen molar-refractivity contribution in [1.29, 1.82) is 0 Å². The Kier molecular flexibility index (Phi) is 7.79. The summed E-state index contributed by atoms with van der Waals surface area (Å²) in [5.41, 5.74) is 2.58. The van der Waals surface area contributed by atoms with E-state index in [1.807, 2.05) is 0 Å². The second-order valence-electron chi connectivity index (χ2n) is 5.16. The van der Waals surface area contributed by atoms with Gasteiger partial charge in [-0.15, -0.1) is 0 Å². The van der Waals surface area contributed by atoms with E-state index < -0.39 is 0 Å². The molecular weight excluding hydrogens is 240 g/mol. The molecule has 4 nitrogen and oxygen atoms in total. The van der Waals surface area contributed by atoms with E-state index in [0.717, 1.165) is 26.2 Å². The molecule has 1 fully saturated rings. The normalized spacial score (nSPS) is 19.1. The van der Waals surface area contributed by atoms with Gasteiger partial charge in [0, 0.05) is 39.0 Å². The molecule has 1 aliphatic rings. The van der Waals surface area contributed by atoms with Gasteiger partial charge < -0.3 is 19.3 Å². The van der Waals surface area contributed by atoms with E-state index in [1.165, 1.54) is 11.3 Å². The van der Waals surface area contributed by atoms with E-state index >= 15 is 0 Å². The van der Waals surface area contributed by atoms with Gasteiger partial charge in [-0.3, -0.25) is 0 Å². The Morgan fingerprint density at radius 1 is 1.05 bits per heavy atom. The maximum atomic E-state index is 5.48. The highest BCUT2D eigenvalue weighted by Crippen LogP contribution is 2.08. The Balaban J connectivity index is 2.32. The zero-order valence-electron chi connectivity index (χ0n) is 12.8. The Morgan fingerprint density at radius 3 is 2.37 bits per heavy atom. The number of ether oxygens (including phenoxy) is 2. The first kappa shape index (κ1) is 16.2. The highest BCUT2D eigenvalue weighted by Gasteiger charge is 2.12. The Hall–Kier alpha value is -0.840. The highest BCUT2D eigenvalue weighted by atomic mass is 16.5. The fourth-order valence-electron chi connectivity index (χ4n) is 1.95. The third-order valence-electron chi connectivity index (χ3n) is 3.37. The summed E-state index contributed by atoms with van der Waals surface area (Å²) >= 11 is 0. The van der Waals surface area contributed by atoms with Crippen LogP contribution in [0, 0.1) is 0 Å². The lowest BCUT2D eigenvalue weighted by molar-refractivity contribution is 0.0823. The van der Waals surface area contributed by atoms with Crippen molar-refractivity contribution in [3.8, 4) is 0 Å². The first-order valence-corrected chi connectivity index (χ1v) is 6.97. The maximum absolute atomic E-state index is 5.48. The number of likely N-dealkylation sites (N-methyl/N-ethyl adjacent to an activating group) is 1. The van der Waals surface area contributed by atoms with E-state index in [0.29, 0.717) is 19.8 Å². The average molecular weight is 268 g/mol. The standard InChI is InChI=1S/C15H28N2O2/c1-14(13-19-12-11-18-4)5-6-15(2)17-9-7-16(3)8-10-17/h5-6H,7-13H2,1-4H3. The van der Waals surface area contributed by atoms with Crippen LogP contribution in [-0.2, 0) is 9.47 Å². The van der Waals surface area contributed by atoms with E-state index in [4.69, 9.17) is 9.47 Å². The summed E-state index contributed by atoms with van der Waals surface area (Å²) in [5.74, 6) is 0. The molecule has 0 bridgehead atoms. The number of methoxy groups -OCH3 is 1. The molecule has 1 heterocycles. The van der Waals surface area contributed by atoms with E-state index in [2.05, 4.69) is 42.8 Å². The molecule has 0 aliphatic carbocycles. The Morgan fingerprint density at radius 2 is 1.74 bits per heavy atom. The van der Waals surface area contributed by atoms with Gasteiger partial charge in [-0.1, -0.05) is 6.08 Å². The molecule has 0 amide bonds. The SMILES string of the molecule is COCCOCC(C)=CC=C(C)N1CCN(C)CC1. The monoisotopic (exact) mass is 268 g/mol. The topological polar surface area (TPSA) is 24.9 Å². The number of hydrogen-bond donors (Lipinski definition) is 0. The van der Waals surface area contributed by atoms with Gasteiger partial charge in [-0.05, 0) is 32.5 Å². The number of piperazine rings is 1. The van der Waals surface area contributed by atoms with Crippen LogP contribution in [0.25, 0.3) is 0 Å². The second-order valence-corrected chi connectivity index (χ2v) is 5.16. The average Bonchev–Trinajstić information content (AvgIpc) is 2.42. The van der Waals surface area contributed by atoms with Crippen molar-refractivity contribution >= 4 is 0 Å². The summed E-state index contributed by atoms with van der Waals surface area (Å²) in [4.78, 5) is 4.81. The van der Waals surface area contributed by atoms with Gasteiger partial charge >= 0.3 is 0 Å². The maximum Gasteiger partial charge on any atom is 0.0704 e. The summed E-state index contributed by atoms with van der Waals surface area (Å²) in [6.45, 7) is 10.8. The van der Waals surface area contributed by atoms with Gasteiger partial charge in [0.25, 0.3) is 0 Å². The molecule has 1 saturated heterocycles. The van der Waals surface area contributed by atoms with Crippen LogP contribution in [0.4, 0.5) is 0 Å². The fourth-order valence-corrected chi connectivity index (χ4v) is 1.95. The van der Waals surface area contributed by atoms with Crippen LogP contribution in [0.3, 0.4) is 0 Å². The molecule has 4 heteroatoms. The predicted molar refractivity (Wildman–Crippen MR) is 79.3 cm³/mol. The minimum Gasteiger partial charge on any atom is -0.382 e. The molecule has 0 aromatic heterocycles. The first-order valence-electron chi connectivity index (χ1n) is 6.97. The Bertz CT molecular complexity index is 305. The van der Waals surface area contributed by atoms with Gasteiger partial charge in [0.1, 0.15) is 0 Å². The van der Waals surface area contributed by atoms with Crippen LogP contribution < -0.4 is 0 Å².